The topological polar surface area (TPSA) is 50.2 Å². The molecular formula is C19H27ClN4O. The fraction of sp³-hybridized carbons (Fsp3) is 0.474. The zero-order valence-corrected chi connectivity index (χ0v) is 15.9. The summed E-state index contributed by atoms with van der Waals surface area (Å²) in [5.74, 6) is 0.426. The van der Waals surface area contributed by atoms with Gasteiger partial charge in [-0.1, -0.05) is 24.3 Å². The zero-order chi connectivity index (χ0) is 17.1. The van der Waals surface area contributed by atoms with E-state index in [-0.39, 0.29) is 30.2 Å². The molecule has 1 saturated heterocycles. The second kappa shape index (κ2) is 8.50. The number of amides is 1. The number of rotatable bonds is 5. The highest BCUT2D eigenvalue weighted by Gasteiger charge is 2.36. The number of aryl methyl sites for hydroxylation is 2. The van der Waals surface area contributed by atoms with Crippen LogP contribution in [0.3, 0.4) is 0 Å². The first kappa shape index (κ1) is 19.5. The van der Waals surface area contributed by atoms with E-state index in [2.05, 4.69) is 36.4 Å². The van der Waals surface area contributed by atoms with Crippen LogP contribution in [0.15, 0.2) is 36.7 Å². The highest BCUT2D eigenvalue weighted by molar-refractivity contribution is 5.85. The van der Waals surface area contributed by atoms with Crippen LogP contribution in [0.2, 0.25) is 0 Å². The van der Waals surface area contributed by atoms with Crippen molar-refractivity contribution in [3.8, 4) is 0 Å². The monoisotopic (exact) mass is 362 g/mol. The molecule has 3 rings (SSSR count). The van der Waals surface area contributed by atoms with E-state index in [4.69, 9.17) is 0 Å². The maximum atomic E-state index is 13.1. The highest BCUT2D eigenvalue weighted by atomic mass is 35.5. The van der Waals surface area contributed by atoms with Gasteiger partial charge in [-0.25, -0.2) is 0 Å². The second-order valence-electron chi connectivity index (χ2n) is 6.60. The molecule has 0 radical (unpaired) electrons. The van der Waals surface area contributed by atoms with Crippen molar-refractivity contribution in [1.82, 2.24) is 20.0 Å². The SMILES string of the molecule is CCN(Cc1ccccc1C)C(=O)[C@H]1CNC[C@@H]1c1cnn(C)c1.Cl. The lowest BCUT2D eigenvalue weighted by atomic mass is 9.89. The van der Waals surface area contributed by atoms with Crippen molar-refractivity contribution in [3.05, 3.63) is 53.3 Å². The number of nitrogens with one attached hydrogen (secondary N) is 1. The van der Waals surface area contributed by atoms with E-state index in [1.165, 1.54) is 11.1 Å². The Morgan fingerprint density at radius 1 is 1.36 bits per heavy atom. The van der Waals surface area contributed by atoms with Crippen molar-refractivity contribution in [2.45, 2.75) is 26.3 Å². The molecule has 0 saturated carbocycles. The van der Waals surface area contributed by atoms with Crippen molar-refractivity contribution in [2.24, 2.45) is 13.0 Å². The quantitative estimate of drug-likeness (QED) is 0.889. The smallest absolute Gasteiger partial charge is 0.227 e. The van der Waals surface area contributed by atoms with Gasteiger partial charge in [0.25, 0.3) is 0 Å². The highest BCUT2D eigenvalue weighted by Crippen LogP contribution is 2.29. The van der Waals surface area contributed by atoms with Crippen LogP contribution in [-0.4, -0.2) is 40.2 Å². The number of nitrogens with zero attached hydrogens (tertiary/aromatic N) is 3. The van der Waals surface area contributed by atoms with Crippen LogP contribution in [-0.2, 0) is 18.4 Å². The predicted octanol–water partition coefficient (Wildman–Crippen LogP) is 2.50. The Balaban J connectivity index is 0.00000225. The number of hydrogen-bond donors (Lipinski definition) is 1. The molecule has 1 aliphatic rings. The normalized spacial score (nSPS) is 19.5. The molecule has 0 spiro atoms. The molecule has 2 atom stereocenters. The minimum Gasteiger partial charge on any atom is -0.338 e. The Bertz CT molecular complexity index is 715. The molecule has 5 nitrogen and oxygen atoms in total. The lowest BCUT2D eigenvalue weighted by Crippen LogP contribution is -2.38. The summed E-state index contributed by atoms with van der Waals surface area (Å²) in [5.41, 5.74) is 3.60. The first-order valence-corrected chi connectivity index (χ1v) is 8.62. The van der Waals surface area contributed by atoms with E-state index in [0.717, 1.165) is 25.2 Å². The van der Waals surface area contributed by atoms with Gasteiger partial charge in [0.15, 0.2) is 0 Å². The lowest BCUT2D eigenvalue weighted by molar-refractivity contribution is -0.135. The third-order valence-corrected chi connectivity index (χ3v) is 5.00. The van der Waals surface area contributed by atoms with Crippen molar-refractivity contribution in [2.75, 3.05) is 19.6 Å². The predicted molar refractivity (Wildman–Crippen MR) is 102 cm³/mol. The van der Waals surface area contributed by atoms with Gasteiger partial charge in [0, 0.05) is 45.3 Å². The van der Waals surface area contributed by atoms with Crippen LogP contribution < -0.4 is 5.32 Å². The minimum atomic E-state index is -0.0156. The summed E-state index contributed by atoms with van der Waals surface area (Å²) in [4.78, 5) is 15.1. The summed E-state index contributed by atoms with van der Waals surface area (Å²) in [5, 5.41) is 7.64. The van der Waals surface area contributed by atoms with E-state index in [0.29, 0.717) is 6.54 Å². The molecule has 1 N–H and O–H groups in total. The molecule has 25 heavy (non-hydrogen) atoms. The van der Waals surface area contributed by atoms with Crippen molar-refractivity contribution < 1.29 is 4.79 Å². The average Bonchev–Trinajstić information content (AvgIpc) is 3.22. The van der Waals surface area contributed by atoms with Gasteiger partial charge in [-0.05, 0) is 30.5 Å². The first-order valence-electron chi connectivity index (χ1n) is 8.62. The van der Waals surface area contributed by atoms with E-state index < -0.39 is 0 Å². The van der Waals surface area contributed by atoms with E-state index >= 15 is 0 Å². The van der Waals surface area contributed by atoms with Gasteiger partial charge in [-0.15, -0.1) is 12.4 Å². The maximum absolute atomic E-state index is 13.1. The summed E-state index contributed by atoms with van der Waals surface area (Å²) < 4.78 is 1.81. The van der Waals surface area contributed by atoms with Gasteiger partial charge in [0.2, 0.25) is 5.91 Å². The molecule has 6 heteroatoms. The lowest BCUT2D eigenvalue weighted by Gasteiger charge is -2.27. The minimum absolute atomic E-state index is 0. The first-order chi connectivity index (χ1) is 11.6. The van der Waals surface area contributed by atoms with E-state index in [1.807, 2.05) is 36.5 Å². The number of benzene rings is 1. The summed E-state index contributed by atoms with van der Waals surface area (Å²) in [7, 11) is 1.92. The van der Waals surface area contributed by atoms with Gasteiger partial charge in [0.1, 0.15) is 0 Å². The summed E-state index contributed by atoms with van der Waals surface area (Å²) >= 11 is 0. The molecule has 136 valence electrons. The van der Waals surface area contributed by atoms with Crippen LogP contribution in [0.25, 0.3) is 0 Å². The van der Waals surface area contributed by atoms with Crippen molar-refractivity contribution in [3.63, 3.8) is 0 Å². The zero-order valence-electron chi connectivity index (χ0n) is 15.1. The van der Waals surface area contributed by atoms with E-state index in [1.54, 1.807) is 4.68 Å². The number of aromatic nitrogens is 2. The Hall–Kier alpha value is -1.85. The average molecular weight is 363 g/mol. The fourth-order valence-electron chi connectivity index (χ4n) is 3.49. The largest absolute Gasteiger partial charge is 0.338 e. The fourth-order valence-corrected chi connectivity index (χ4v) is 3.49. The Labute approximate surface area is 155 Å². The molecular weight excluding hydrogens is 336 g/mol. The van der Waals surface area contributed by atoms with Gasteiger partial charge >= 0.3 is 0 Å². The van der Waals surface area contributed by atoms with Crippen molar-refractivity contribution in [1.29, 1.82) is 0 Å². The Morgan fingerprint density at radius 3 is 2.76 bits per heavy atom. The van der Waals surface area contributed by atoms with Crippen molar-refractivity contribution >= 4 is 18.3 Å². The standard InChI is InChI=1S/C19H26N4O.ClH/c1-4-23(13-15-8-6-5-7-14(15)2)19(24)18-11-20-10-17(18)16-9-21-22(3)12-16;/h5-9,12,17-18,20H,4,10-11,13H2,1-3H3;1H/t17-,18+;/m1./s1. The van der Waals surface area contributed by atoms with Gasteiger partial charge in [-0.2, -0.15) is 5.10 Å². The molecule has 1 aliphatic heterocycles. The van der Waals surface area contributed by atoms with Crippen LogP contribution >= 0.6 is 12.4 Å². The second-order valence-corrected chi connectivity index (χ2v) is 6.60. The molecule has 2 aromatic rings. The maximum Gasteiger partial charge on any atom is 0.227 e. The van der Waals surface area contributed by atoms with Crippen LogP contribution in [0.4, 0.5) is 0 Å². The van der Waals surface area contributed by atoms with Gasteiger partial charge < -0.3 is 10.2 Å². The molecule has 1 amide bonds. The third kappa shape index (κ3) is 4.22. The van der Waals surface area contributed by atoms with E-state index in [9.17, 15) is 4.79 Å². The molecule has 1 aromatic heterocycles. The summed E-state index contributed by atoms with van der Waals surface area (Å²) in [6.07, 6.45) is 3.91. The van der Waals surface area contributed by atoms with Gasteiger partial charge in [-0.3, -0.25) is 9.48 Å². The Kier molecular flexibility index (Phi) is 6.62. The number of carbonyl (C=O) groups excluding carboxylic acids is 1. The Morgan fingerprint density at radius 2 is 2.12 bits per heavy atom. The number of carbonyl (C=O) groups is 1. The van der Waals surface area contributed by atoms with Crippen LogP contribution in [0.1, 0.15) is 29.5 Å². The number of halogens is 1. The van der Waals surface area contributed by atoms with Crippen LogP contribution in [0.5, 0.6) is 0 Å². The molecule has 0 bridgehead atoms. The molecule has 1 fully saturated rings. The molecule has 1 aromatic carbocycles. The molecule has 2 heterocycles. The third-order valence-electron chi connectivity index (χ3n) is 5.00. The molecule has 0 unspecified atom stereocenters. The van der Waals surface area contributed by atoms with Crippen LogP contribution in [0, 0.1) is 12.8 Å². The summed E-state index contributed by atoms with van der Waals surface area (Å²) in [6.45, 7) is 7.13. The number of hydrogen-bond acceptors (Lipinski definition) is 3. The van der Waals surface area contributed by atoms with Gasteiger partial charge in [0.05, 0.1) is 12.1 Å². The summed E-state index contributed by atoms with van der Waals surface area (Å²) in [6, 6.07) is 8.28. The molecule has 0 aliphatic carbocycles.